The number of nitrogens with one attached hydrogen (secondary N) is 1. The van der Waals surface area contributed by atoms with Crippen LogP contribution in [-0.2, 0) is 0 Å². The topological polar surface area (TPSA) is 88.2 Å². The molecule has 0 aliphatic heterocycles. The minimum atomic E-state index is -0.480. The second kappa shape index (κ2) is 5.92. The van der Waals surface area contributed by atoms with E-state index in [1.165, 1.54) is 12.1 Å². The molecule has 0 aliphatic carbocycles. The molecule has 2 rings (SSSR count). The van der Waals surface area contributed by atoms with E-state index in [1.54, 1.807) is 31.3 Å². The lowest BCUT2D eigenvalue weighted by Crippen LogP contribution is -1.95. The van der Waals surface area contributed by atoms with Crippen LogP contribution in [0, 0.1) is 28.4 Å². The fourth-order valence-corrected chi connectivity index (χ4v) is 1.80. The van der Waals surface area contributed by atoms with Crippen molar-refractivity contribution < 1.29 is 9.66 Å². The summed E-state index contributed by atoms with van der Waals surface area (Å²) in [4.78, 5) is 10.4. The van der Waals surface area contributed by atoms with Crippen LogP contribution in [0.5, 0.6) is 11.5 Å². The van der Waals surface area contributed by atoms with E-state index in [9.17, 15) is 10.1 Å². The number of anilines is 1. The first-order chi connectivity index (χ1) is 10.0. The number of nitro groups is 1. The lowest BCUT2D eigenvalue weighted by molar-refractivity contribution is -0.384. The monoisotopic (exact) mass is 283 g/mol. The third kappa shape index (κ3) is 3.28. The molecule has 0 unspecified atom stereocenters. The van der Waals surface area contributed by atoms with Crippen LogP contribution in [0.1, 0.15) is 11.1 Å². The van der Waals surface area contributed by atoms with Crippen LogP contribution < -0.4 is 10.1 Å². The number of nitro benzene ring substituents is 1. The molecule has 1 N–H and O–H groups in total. The molecule has 0 heterocycles. The van der Waals surface area contributed by atoms with Gasteiger partial charge in [-0.2, -0.15) is 5.26 Å². The van der Waals surface area contributed by atoms with E-state index in [-0.39, 0.29) is 5.69 Å². The molecule has 0 radical (unpaired) electrons. The van der Waals surface area contributed by atoms with Gasteiger partial charge in [-0.3, -0.25) is 10.1 Å². The zero-order chi connectivity index (χ0) is 15.4. The second-order valence-corrected chi connectivity index (χ2v) is 4.42. The Morgan fingerprint density at radius 3 is 2.67 bits per heavy atom. The third-order valence-corrected chi connectivity index (χ3v) is 2.94. The van der Waals surface area contributed by atoms with E-state index >= 15 is 0 Å². The van der Waals surface area contributed by atoms with E-state index in [0.29, 0.717) is 22.7 Å². The number of benzene rings is 2. The van der Waals surface area contributed by atoms with Gasteiger partial charge in [0, 0.05) is 24.9 Å². The van der Waals surface area contributed by atoms with Gasteiger partial charge >= 0.3 is 0 Å². The van der Waals surface area contributed by atoms with E-state index in [4.69, 9.17) is 10.00 Å². The molecule has 6 nitrogen and oxygen atoms in total. The molecule has 0 aliphatic rings. The third-order valence-electron chi connectivity index (χ3n) is 2.94. The number of aryl methyl sites for hydroxylation is 1. The van der Waals surface area contributed by atoms with Crippen LogP contribution in [0.25, 0.3) is 0 Å². The SMILES string of the molecule is CNc1cc(Oc2cc(C#N)ccc2C)cc([N+](=O)[O-])c1. The Morgan fingerprint density at radius 1 is 1.29 bits per heavy atom. The van der Waals surface area contributed by atoms with Crippen molar-refractivity contribution in [3.63, 3.8) is 0 Å². The minimum Gasteiger partial charge on any atom is -0.457 e. The van der Waals surface area contributed by atoms with Gasteiger partial charge < -0.3 is 10.1 Å². The quantitative estimate of drug-likeness (QED) is 0.684. The number of hydrogen-bond acceptors (Lipinski definition) is 5. The summed E-state index contributed by atoms with van der Waals surface area (Å²) in [5.74, 6) is 0.836. The predicted octanol–water partition coefficient (Wildman–Crippen LogP) is 3.61. The second-order valence-electron chi connectivity index (χ2n) is 4.42. The van der Waals surface area contributed by atoms with E-state index in [1.807, 2.05) is 13.0 Å². The summed E-state index contributed by atoms with van der Waals surface area (Å²) in [7, 11) is 1.67. The molecule has 0 aromatic heterocycles. The molecule has 2 aromatic rings. The van der Waals surface area contributed by atoms with Crippen LogP contribution in [0.2, 0.25) is 0 Å². The van der Waals surface area contributed by atoms with Crippen LogP contribution in [-0.4, -0.2) is 12.0 Å². The molecule has 0 spiro atoms. The first kappa shape index (κ1) is 14.3. The first-order valence-electron chi connectivity index (χ1n) is 6.19. The maximum absolute atomic E-state index is 10.9. The molecule has 0 saturated carbocycles. The Morgan fingerprint density at radius 2 is 2.05 bits per heavy atom. The fraction of sp³-hybridized carbons (Fsp3) is 0.133. The largest absolute Gasteiger partial charge is 0.457 e. The summed E-state index contributed by atoms with van der Waals surface area (Å²) < 4.78 is 5.69. The summed E-state index contributed by atoms with van der Waals surface area (Å²) in [6.07, 6.45) is 0. The molecule has 0 saturated heterocycles. The molecule has 0 atom stereocenters. The van der Waals surface area contributed by atoms with E-state index in [0.717, 1.165) is 5.56 Å². The van der Waals surface area contributed by atoms with E-state index in [2.05, 4.69) is 5.32 Å². The Kier molecular flexibility index (Phi) is 4.05. The van der Waals surface area contributed by atoms with Gasteiger partial charge in [-0.1, -0.05) is 6.07 Å². The smallest absolute Gasteiger partial charge is 0.275 e. The zero-order valence-corrected chi connectivity index (χ0v) is 11.6. The highest BCUT2D eigenvalue weighted by molar-refractivity contribution is 5.57. The summed E-state index contributed by atoms with van der Waals surface area (Å²) in [6.45, 7) is 1.84. The van der Waals surface area contributed by atoms with Crippen molar-refractivity contribution in [1.82, 2.24) is 0 Å². The van der Waals surface area contributed by atoms with Crippen molar-refractivity contribution in [3.05, 3.63) is 57.6 Å². The van der Waals surface area contributed by atoms with Gasteiger partial charge in [0.05, 0.1) is 22.6 Å². The van der Waals surface area contributed by atoms with Crippen molar-refractivity contribution in [3.8, 4) is 17.6 Å². The van der Waals surface area contributed by atoms with Crippen LogP contribution in [0.15, 0.2) is 36.4 Å². The maximum Gasteiger partial charge on any atom is 0.275 e. The first-order valence-corrected chi connectivity index (χ1v) is 6.19. The van der Waals surface area contributed by atoms with Gasteiger partial charge in [0.2, 0.25) is 0 Å². The lowest BCUT2D eigenvalue weighted by atomic mass is 10.1. The maximum atomic E-state index is 10.9. The van der Waals surface area contributed by atoms with Crippen LogP contribution >= 0.6 is 0 Å². The lowest BCUT2D eigenvalue weighted by Gasteiger charge is -2.10. The summed E-state index contributed by atoms with van der Waals surface area (Å²) >= 11 is 0. The number of nitriles is 1. The Balaban J connectivity index is 2.41. The van der Waals surface area contributed by atoms with Gasteiger partial charge in [0.15, 0.2) is 0 Å². The Labute approximate surface area is 121 Å². The molecular formula is C15H13N3O3. The standard InChI is InChI=1S/C15H13N3O3/c1-10-3-4-11(9-16)5-15(10)21-14-7-12(17-2)6-13(8-14)18(19)20/h3-8,17H,1-2H3. The predicted molar refractivity (Wildman–Crippen MR) is 78.6 cm³/mol. The number of hydrogen-bond donors (Lipinski definition) is 1. The summed E-state index contributed by atoms with van der Waals surface area (Å²) in [6, 6.07) is 11.5. The number of rotatable bonds is 4. The van der Waals surface area contributed by atoms with Crippen molar-refractivity contribution in [2.24, 2.45) is 0 Å². The molecular weight excluding hydrogens is 270 g/mol. The Hall–Kier alpha value is -3.07. The Bertz CT molecular complexity index is 735. The van der Waals surface area contributed by atoms with Crippen molar-refractivity contribution in [2.75, 3.05) is 12.4 Å². The van der Waals surface area contributed by atoms with Crippen LogP contribution in [0.3, 0.4) is 0 Å². The van der Waals surface area contributed by atoms with Gasteiger partial charge in [-0.05, 0) is 24.6 Å². The number of nitrogens with zero attached hydrogens (tertiary/aromatic N) is 2. The molecule has 106 valence electrons. The summed E-state index contributed by atoms with van der Waals surface area (Å²) in [5, 5.41) is 22.7. The van der Waals surface area contributed by atoms with Gasteiger partial charge in [0.1, 0.15) is 11.5 Å². The molecule has 21 heavy (non-hydrogen) atoms. The highest BCUT2D eigenvalue weighted by Gasteiger charge is 2.12. The van der Waals surface area contributed by atoms with Gasteiger partial charge in [0.25, 0.3) is 5.69 Å². The number of non-ortho nitro benzene ring substituents is 1. The van der Waals surface area contributed by atoms with E-state index < -0.39 is 4.92 Å². The van der Waals surface area contributed by atoms with Crippen molar-refractivity contribution >= 4 is 11.4 Å². The minimum absolute atomic E-state index is 0.0639. The average molecular weight is 283 g/mol. The van der Waals surface area contributed by atoms with Crippen LogP contribution in [0.4, 0.5) is 11.4 Å². The fourth-order valence-electron chi connectivity index (χ4n) is 1.80. The number of ether oxygens (including phenoxy) is 1. The van der Waals surface area contributed by atoms with Gasteiger partial charge in [-0.25, -0.2) is 0 Å². The normalized spacial score (nSPS) is 9.76. The molecule has 0 fully saturated rings. The molecule has 0 amide bonds. The highest BCUT2D eigenvalue weighted by Crippen LogP contribution is 2.31. The van der Waals surface area contributed by atoms with Gasteiger partial charge in [-0.15, -0.1) is 0 Å². The van der Waals surface area contributed by atoms with Crippen molar-refractivity contribution in [2.45, 2.75) is 6.92 Å². The molecule has 6 heteroatoms. The average Bonchev–Trinajstić information content (AvgIpc) is 2.49. The summed E-state index contributed by atoms with van der Waals surface area (Å²) in [5.41, 5.74) is 1.82. The molecule has 2 aromatic carbocycles. The molecule has 0 bridgehead atoms. The highest BCUT2D eigenvalue weighted by atomic mass is 16.6. The zero-order valence-electron chi connectivity index (χ0n) is 11.6. The van der Waals surface area contributed by atoms with Crippen molar-refractivity contribution in [1.29, 1.82) is 5.26 Å².